The second-order valence-corrected chi connectivity index (χ2v) is 15.0. The van der Waals surface area contributed by atoms with Crippen molar-refractivity contribution < 1.29 is 22.7 Å². The summed E-state index contributed by atoms with van der Waals surface area (Å²) in [6, 6.07) is 23.0. The number of fused-ring (bicyclic) bond motifs is 1. The molecule has 0 bridgehead atoms. The Hall–Kier alpha value is -4.29. The van der Waals surface area contributed by atoms with Crippen LogP contribution in [0.25, 0.3) is 10.9 Å². The first-order valence-electron chi connectivity index (χ1n) is 15.8. The number of rotatable bonds is 10. The van der Waals surface area contributed by atoms with Crippen LogP contribution in [-0.4, -0.2) is 73.0 Å². The lowest BCUT2D eigenvalue weighted by molar-refractivity contribution is 0.0619. The Labute approximate surface area is 296 Å². The van der Waals surface area contributed by atoms with Crippen LogP contribution in [0.5, 0.6) is 17.4 Å². The van der Waals surface area contributed by atoms with Gasteiger partial charge in [-0.15, -0.1) is 0 Å². The summed E-state index contributed by atoms with van der Waals surface area (Å²) < 4.78 is 41.0. The van der Waals surface area contributed by atoms with Crippen LogP contribution in [0.15, 0.2) is 90.0 Å². The van der Waals surface area contributed by atoms with Crippen molar-refractivity contribution >= 4 is 55.7 Å². The van der Waals surface area contributed by atoms with Crippen LogP contribution in [0.1, 0.15) is 29.9 Å². The lowest BCUT2D eigenvalue weighted by Crippen LogP contribution is -2.48. The lowest BCUT2D eigenvalue weighted by atomic mass is 10.2. The molecule has 0 spiro atoms. The fourth-order valence-electron chi connectivity index (χ4n) is 5.73. The van der Waals surface area contributed by atoms with E-state index in [0.717, 1.165) is 40.6 Å². The fourth-order valence-corrected chi connectivity index (χ4v) is 7.30. The van der Waals surface area contributed by atoms with Gasteiger partial charge in [0, 0.05) is 64.3 Å². The van der Waals surface area contributed by atoms with Crippen LogP contribution in [0.2, 0.25) is 10.0 Å². The summed E-state index contributed by atoms with van der Waals surface area (Å²) in [5, 5.41) is 1.33. The van der Waals surface area contributed by atoms with E-state index in [1.54, 1.807) is 12.1 Å². The van der Waals surface area contributed by atoms with Crippen molar-refractivity contribution in [3.8, 4) is 17.4 Å². The Morgan fingerprint density at radius 3 is 2.27 bits per heavy atom. The molecule has 0 aliphatic carbocycles. The van der Waals surface area contributed by atoms with E-state index in [9.17, 15) is 13.2 Å². The number of aryl methyl sites for hydroxylation is 1. The molecule has 13 heteroatoms. The minimum atomic E-state index is -3.90. The van der Waals surface area contributed by atoms with Gasteiger partial charge in [-0.2, -0.15) is 0 Å². The molecule has 1 amide bonds. The van der Waals surface area contributed by atoms with Crippen LogP contribution in [-0.2, 0) is 23.6 Å². The number of piperazine rings is 1. The molecule has 0 saturated carbocycles. The molecule has 5 aromatic rings. The first-order valence-corrected chi connectivity index (χ1v) is 18.0. The van der Waals surface area contributed by atoms with Gasteiger partial charge in [-0.05, 0) is 74.0 Å². The van der Waals surface area contributed by atoms with Gasteiger partial charge in [0.1, 0.15) is 17.2 Å². The summed E-state index contributed by atoms with van der Waals surface area (Å²) in [4.78, 5) is 22.2. The lowest BCUT2D eigenvalue weighted by Gasteiger charge is -2.34. The smallest absolute Gasteiger partial charge is 0.270 e. The second kappa shape index (κ2) is 14.3. The second-order valence-electron chi connectivity index (χ2n) is 12.2. The van der Waals surface area contributed by atoms with Crippen molar-refractivity contribution in [1.29, 1.82) is 0 Å². The molecular formula is C36H37Cl2N5O5S. The molecule has 1 aliphatic heterocycles. The number of hydrogen-bond acceptors (Lipinski definition) is 7. The van der Waals surface area contributed by atoms with Gasteiger partial charge >= 0.3 is 0 Å². The van der Waals surface area contributed by atoms with Gasteiger partial charge < -0.3 is 18.9 Å². The summed E-state index contributed by atoms with van der Waals surface area (Å²) in [5.41, 5.74) is 3.00. The Morgan fingerprint density at radius 2 is 1.61 bits per heavy atom. The highest BCUT2D eigenvalue weighted by molar-refractivity contribution is 7.92. The van der Waals surface area contributed by atoms with E-state index in [4.69, 9.17) is 32.7 Å². The molecule has 0 unspecified atom stereocenters. The molecule has 10 nitrogen and oxygen atoms in total. The zero-order valence-electron chi connectivity index (χ0n) is 27.6. The maximum atomic E-state index is 13.6. The third kappa shape index (κ3) is 7.65. The van der Waals surface area contributed by atoms with Crippen molar-refractivity contribution in [3.63, 3.8) is 0 Å². The van der Waals surface area contributed by atoms with Gasteiger partial charge in [0.15, 0.2) is 0 Å². The summed E-state index contributed by atoms with van der Waals surface area (Å²) in [5.74, 6) is 1.68. The van der Waals surface area contributed by atoms with Gasteiger partial charge in [-0.25, -0.2) is 13.4 Å². The molecule has 0 N–H and O–H groups in total. The van der Waals surface area contributed by atoms with Crippen LogP contribution in [0, 0.1) is 0 Å². The first-order chi connectivity index (χ1) is 23.4. The number of hydrogen-bond donors (Lipinski definition) is 0. The number of pyridine rings is 1. The van der Waals surface area contributed by atoms with Crippen LogP contribution >= 0.6 is 23.2 Å². The minimum absolute atomic E-state index is 0.00629. The predicted octanol–water partition coefficient (Wildman–Crippen LogP) is 7.24. The molecule has 2 aromatic heterocycles. The Balaban J connectivity index is 1.08. The Morgan fingerprint density at radius 1 is 0.898 bits per heavy atom. The average Bonchev–Trinajstić information content (AvgIpc) is 3.42. The highest BCUT2D eigenvalue weighted by atomic mass is 35.5. The molecule has 49 heavy (non-hydrogen) atoms. The van der Waals surface area contributed by atoms with Crippen molar-refractivity contribution in [2.24, 2.45) is 7.05 Å². The van der Waals surface area contributed by atoms with E-state index in [-0.39, 0.29) is 32.8 Å². The van der Waals surface area contributed by atoms with E-state index in [0.29, 0.717) is 30.2 Å². The Kier molecular flexibility index (Phi) is 10.1. The zero-order valence-corrected chi connectivity index (χ0v) is 30.0. The van der Waals surface area contributed by atoms with Gasteiger partial charge in [-0.3, -0.25) is 14.0 Å². The highest BCUT2D eigenvalue weighted by Crippen LogP contribution is 2.31. The number of carbonyl (C=O) groups excluding carboxylic acids is 1. The number of carbonyl (C=O) groups is 1. The summed E-state index contributed by atoms with van der Waals surface area (Å²) in [6.07, 6.45) is 1.56. The summed E-state index contributed by atoms with van der Waals surface area (Å²) in [7, 11) is -0.590. The van der Waals surface area contributed by atoms with Crippen molar-refractivity contribution in [1.82, 2.24) is 19.4 Å². The van der Waals surface area contributed by atoms with Gasteiger partial charge in [0.25, 0.3) is 15.9 Å². The number of benzene rings is 3. The largest absolute Gasteiger partial charge is 0.491 e. The van der Waals surface area contributed by atoms with Crippen LogP contribution < -0.4 is 13.8 Å². The highest BCUT2D eigenvalue weighted by Gasteiger charge is 2.25. The molecule has 256 valence electrons. The number of halogens is 2. The SMILES string of the molecule is CC(C)Oc1ccc(CN2CCN(C(=O)c3cc4ccc(Oc5ccc(N(C)S(=O)(=O)c6ccc(Cl)c(Cl)c6)cn5)cc4n3C)CC2)cc1. The van der Waals surface area contributed by atoms with Crippen LogP contribution in [0.3, 0.4) is 0 Å². The van der Waals surface area contributed by atoms with Crippen LogP contribution in [0.4, 0.5) is 5.69 Å². The molecule has 1 fully saturated rings. The number of ether oxygens (including phenoxy) is 2. The quantitative estimate of drug-likeness (QED) is 0.150. The average molecular weight is 723 g/mol. The standard InChI is InChI=1S/C36H37Cl2N5O5S/c1-24(2)47-28-9-5-25(6-10-28)23-42-15-17-43(18-16-42)36(44)34-19-26-7-11-29(20-33(26)40(34)3)48-35-14-8-27(22-39-35)41(4)49(45,46)30-12-13-31(37)32(38)21-30/h5-14,19-22,24H,15-18,23H2,1-4H3. The fraction of sp³-hybridized carbons (Fsp3) is 0.278. The van der Waals surface area contributed by atoms with Crippen molar-refractivity contribution in [2.45, 2.75) is 31.4 Å². The Bertz CT molecular complexity index is 2080. The van der Waals surface area contributed by atoms with Gasteiger partial charge in [-0.1, -0.05) is 35.3 Å². The van der Waals surface area contributed by atoms with Crippen molar-refractivity contribution in [2.75, 3.05) is 37.5 Å². The molecule has 3 heterocycles. The summed E-state index contributed by atoms with van der Waals surface area (Å²) >= 11 is 12.0. The molecule has 0 radical (unpaired) electrons. The minimum Gasteiger partial charge on any atom is -0.491 e. The third-order valence-electron chi connectivity index (χ3n) is 8.45. The van der Waals surface area contributed by atoms with E-state index < -0.39 is 10.0 Å². The molecular weight excluding hydrogens is 685 g/mol. The topological polar surface area (TPSA) is 97.2 Å². The predicted molar refractivity (Wildman–Crippen MR) is 193 cm³/mol. The number of anilines is 1. The summed E-state index contributed by atoms with van der Waals surface area (Å²) in [6.45, 7) is 7.73. The monoisotopic (exact) mass is 721 g/mol. The maximum Gasteiger partial charge on any atom is 0.270 e. The van der Waals surface area contributed by atoms with Crippen molar-refractivity contribution in [3.05, 3.63) is 106 Å². The normalized spacial score (nSPS) is 14.0. The van der Waals surface area contributed by atoms with E-state index in [1.807, 2.05) is 66.8 Å². The molecule has 3 aromatic carbocycles. The van der Waals surface area contributed by atoms with Gasteiger partial charge in [0.2, 0.25) is 5.88 Å². The molecule has 1 aliphatic rings. The molecule has 6 rings (SSSR count). The molecule has 0 atom stereocenters. The number of aromatic nitrogens is 2. The maximum absolute atomic E-state index is 13.6. The number of sulfonamides is 1. The van der Waals surface area contributed by atoms with E-state index in [2.05, 4.69) is 22.0 Å². The van der Waals surface area contributed by atoms with E-state index >= 15 is 0 Å². The van der Waals surface area contributed by atoms with Gasteiger partial charge in [0.05, 0.1) is 38.4 Å². The number of nitrogens with zero attached hydrogens (tertiary/aromatic N) is 5. The number of amides is 1. The van der Waals surface area contributed by atoms with E-state index in [1.165, 1.54) is 37.0 Å². The molecule has 1 saturated heterocycles. The zero-order chi connectivity index (χ0) is 34.9. The third-order valence-corrected chi connectivity index (χ3v) is 11.0. The first kappa shape index (κ1) is 34.6.